The van der Waals surface area contributed by atoms with Gasteiger partial charge in [0.15, 0.2) is 6.10 Å². The van der Waals surface area contributed by atoms with Crippen LogP contribution in [0.15, 0.2) is 0 Å². The summed E-state index contributed by atoms with van der Waals surface area (Å²) in [6, 6.07) is 0. The summed E-state index contributed by atoms with van der Waals surface area (Å²) in [6.45, 7) is 13.8. The highest BCUT2D eigenvalue weighted by Gasteiger charge is 2.19. The Kier molecular flexibility index (Phi) is 46.2. The molecule has 6 heteroatoms. The lowest BCUT2D eigenvalue weighted by atomic mass is 9.99. The van der Waals surface area contributed by atoms with Crippen LogP contribution in [0.1, 0.15) is 305 Å². The van der Waals surface area contributed by atoms with E-state index in [0.717, 1.165) is 75.5 Å². The van der Waals surface area contributed by atoms with Gasteiger partial charge in [0.1, 0.15) is 13.2 Å². The van der Waals surface area contributed by atoms with Gasteiger partial charge in [0.05, 0.1) is 0 Å². The largest absolute Gasteiger partial charge is 0.462 e. The van der Waals surface area contributed by atoms with Crippen molar-refractivity contribution >= 4 is 17.9 Å². The molecule has 0 rings (SSSR count). The highest BCUT2D eigenvalue weighted by Crippen LogP contribution is 2.18. The van der Waals surface area contributed by atoms with Crippen molar-refractivity contribution in [3.63, 3.8) is 0 Å². The standard InChI is InChI=1S/C56H108O6/c1-7-52(6)44-38-32-26-20-15-17-22-28-34-40-46-55(58)61-49-53(48-60-54(57)45-39-33-27-21-16-14-19-25-31-37-43-51(4)5)62-56(59)47-41-35-29-23-13-11-9-8-10-12-18-24-30-36-42-50(2)3/h50-53H,7-49H2,1-6H3/t52?,53-/m0/s1. The minimum absolute atomic E-state index is 0.0643. The van der Waals surface area contributed by atoms with E-state index in [1.807, 2.05) is 0 Å². The van der Waals surface area contributed by atoms with Crippen molar-refractivity contribution in [1.82, 2.24) is 0 Å². The maximum absolute atomic E-state index is 12.8. The molecule has 0 saturated carbocycles. The fraction of sp³-hybridized carbons (Fsp3) is 0.946. The third-order valence-electron chi connectivity index (χ3n) is 13.0. The molecule has 6 nitrogen and oxygen atoms in total. The Morgan fingerprint density at radius 1 is 0.323 bits per heavy atom. The van der Waals surface area contributed by atoms with E-state index < -0.39 is 6.10 Å². The first-order valence-corrected chi connectivity index (χ1v) is 27.6. The summed E-state index contributed by atoms with van der Waals surface area (Å²) in [5.74, 6) is 1.68. The van der Waals surface area contributed by atoms with Crippen LogP contribution in [0.4, 0.5) is 0 Å². The Morgan fingerprint density at radius 2 is 0.565 bits per heavy atom. The molecule has 0 saturated heterocycles. The van der Waals surface area contributed by atoms with Gasteiger partial charge in [-0.1, -0.05) is 266 Å². The minimum atomic E-state index is -0.763. The Morgan fingerprint density at radius 3 is 0.839 bits per heavy atom. The molecule has 0 bridgehead atoms. The summed E-state index contributed by atoms with van der Waals surface area (Å²) in [5.41, 5.74) is 0. The smallest absolute Gasteiger partial charge is 0.306 e. The lowest BCUT2D eigenvalue weighted by Gasteiger charge is -2.18. The van der Waals surface area contributed by atoms with Crippen molar-refractivity contribution in [2.24, 2.45) is 17.8 Å². The molecule has 0 aromatic carbocycles. The fourth-order valence-corrected chi connectivity index (χ4v) is 8.44. The molecule has 0 radical (unpaired) electrons. The first-order valence-electron chi connectivity index (χ1n) is 27.6. The number of hydrogen-bond donors (Lipinski definition) is 0. The molecular formula is C56H108O6. The van der Waals surface area contributed by atoms with Crippen molar-refractivity contribution in [1.29, 1.82) is 0 Å². The number of hydrogen-bond acceptors (Lipinski definition) is 6. The minimum Gasteiger partial charge on any atom is -0.462 e. The number of ether oxygens (including phenoxy) is 3. The molecule has 1 unspecified atom stereocenters. The molecule has 0 aromatic rings. The van der Waals surface area contributed by atoms with E-state index in [-0.39, 0.29) is 31.1 Å². The Balaban J connectivity index is 4.32. The summed E-state index contributed by atoms with van der Waals surface area (Å²) in [6.07, 6.45) is 48.0. The fourth-order valence-electron chi connectivity index (χ4n) is 8.44. The van der Waals surface area contributed by atoms with Crippen LogP contribution >= 0.6 is 0 Å². The lowest BCUT2D eigenvalue weighted by molar-refractivity contribution is -0.167. The summed E-state index contributed by atoms with van der Waals surface area (Å²) >= 11 is 0. The third kappa shape index (κ3) is 47.9. The quantitative estimate of drug-likeness (QED) is 0.0344. The summed E-state index contributed by atoms with van der Waals surface area (Å²) in [4.78, 5) is 38.1. The van der Waals surface area contributed by atoms with Gasteiger partial charge in [0.2, 0.25) is 0 Å². The Hall–Kier alpha value is -1.59. The van der Waals surface area contributed by atoms with Gasteiger partial charge in [-0.05, 0) is 37.0 Å². The molecule has 0 aliphatic heterocycles. The van der Waals surface area contributed by atoms with E-state index in [9.17, 15) is 14.4 Å². The molecule has 0 heterocycles. The number of rotatable bonds is 49. The molecule has 0 amide bonds. The molecule has 0 aromatic heterocycles. The highest BCUT2D eigenvalue weighted by atomic mass is 16.6. The van der Waals surface area contributed by atoms with E-state index in [4.69, 9.17) is 14.2 Å². The molecule has 368 valence electrons. The van der Waals surface area contributed by atoms with Crippen molar-refractivity contribution in [3.05, 3.63) is 0 Å². The molecule has 0 aliphatic carbocycles. The predicted octanol–water partition coefficient (Wildman–Crippen LogP) is 17.9. The van der Waals surface area contributed by atoms with Crippen LogP contribution in [0.2, 0.25) is 0 Å². The van der Waals surface area contributed by atoms with E-state index >= 15 is 0 Å². The van der Waals surface area contributed by atoms with E-state index in [1.165, 1.54) is 186 Å². The molecule has 0 aliphatic rings. The number of carbonyl (C=O) groups is 3. The first kappa shape index (κ1) is 60.4. The zero-order valence-electron chi connectivity index (χ0n) is 42.7. The van der Waals surface area contributed by atoms with Crippen molar-refractivity contribution < 1.29 is 28.6 Å². The van der Waals surface area contributed by atoms with Crippen LogP contribution in [-0.2, 0) is 28.6 Å². The Bertz CT molecular complexity index is 962. The summed E-state index contributed by atoms with van der Waals surface area (Å²) < 4.78 is 16.9. The third-order valence-corrected chi connectivity index (χ3v) is 13.0. The van der Waals surface area contributed by atoms with Crippen LogP contribution in [0, 0.1) is 17.8 Å². The lowest BCUT2D eigenvalue weighted by Crippen LogP contribution is -2.30. The normalized spacial score (nSPS) is 12.6. The van der Waals surface area contributed by atoms with Gasteiger partial charge in [0.25, 0.3) is 0 Å². The average molecular weight is 877 g/mol. The van der Waals surface area contributed by atoms with Crippen molar-refractivity contribution in [3.8, 4) is 0 Å². The van der Waals surface area contributed by atoms with Gasteiger partial charge in [-0.15, -0.1) is 0 Å². The van der Waals surface area contributed by atoms with Gasteiger partial charge >= 0.3 is 17.9 Å². The molecule has 2 atom stereocenters. The molecule has 0 N–H and O–H groups in total. The maximum atomic E-state index is 12.8. The van der Waals surface area contributed by atoms with Crippen molar-refractivity contribution in [2.45, 2.75) is 311 Å². The van der Waals surface area contributed by atoms with Gasteiger partial charge in [0, 0.05) is 19.3 Å². The van der Waals surface area contributed by atoms with Gasteiger partial charge in [-0.3, -0.25) is 14.4 Å². The van der Waals surface area contributed by atoms with Crippen molar-refractivity contribution in [2.75, 3.05) is 13.2 Å². The average Bonchev–Trinajstić information content (AvgIpc) is 3.24. The van der Waals surface area contributed by atoms with E-state index in [2.05, 4.69) is 41.5 Å². The van der Waals surface area contributed by atoms with Gasteiger partial charge < -0.3 is 14.2 Å². The van der Waals surface area contributed by atoms with Crippen LogP contribution in [0.5, 0.6) is 0 Å². The zero-order valence-corrected chi connectivity index (χ0v) is 42.7. The SMILES string of the molecule is CCC(C)CCCCCCCCCCCCC(=O)OC[C@H](COC(=O)CCCCCCCCCCCCC(C)C)OC(=O)CCCCCCCCCCCCCCCCC(C)C. The molecule has 0 fully saturated rings. The van der Waals surface area contributed by atoms with E-state index in [0.29, 0.717) is 19.3 Å². The maximum Gasteiger partial charge on any atom is 0.306 e. The molecular weight excluding hydrogens is 769 g/mol. The number of carbonyl (C=O) groups excluding carboxylic acids is 3. The van der Waals surface area contributed by atoms with Crippen LogP contribution in [0.3, 0.4) is 0 Å². The van der Waals surface area contributed by atoms with Crippen LogP contribution < -0.4 is 0 Å². The van der Waals surface area contributed by atoms with Gasteiger partial charge in [-0.25, -0.2) is 0 Å². The van der Waals surface area contributed by atoms with Gasteiger partial charge in [-0.2, -0.15) is 0 Å². The second kappa shape index (κ2) is 47.4. The predicted molar refractivity (Wildman–Crippen MR) is 266 cm³/mol. The van der Waals surface area contributed by atoms with Crippen LogP contribution in [-0.4, -0.2) is 37.2 Å². The van der Waals surface area contributed by atoms with E-state index in [1.54, 1.807) is 0 Å². The van der Waals surface area contributed by atoms with Crippen LogP contribution in [0.25, 0.3) is 0 Å². The topological polar surface area (TPSA) is 78.9 Å². The monoisotopic (exact) mass is 877 g/mol. The molecule has 0 spiro atoms. The summed E-state index contributed by atoms with van der Waals surface area (Å²) in [5, 5.41) is 0. The zero-order chi connectivity index (χ0) is 45.6. The second-order valence-corrected chi connectivity index (χ2v) is 20.4. The summed E-state index contributed by atoms with van der Waals surface area (Å²) in [7, 11) is 0. The number of esters is 3. The second-order valence-electron chi connectivity index (χ2n) is 20.4. The number of unbranched alkanes of at least 4 members (excludes halogenated alkanes) is 31. The first-order chi connectivity index (χ1) is 30.1. The molecule has 62 heavy (non-hydrogen) atoms. The Labute approximate surface area is 387 Å². The highest BCUT2D eigenvalue weighted by molar-refractivity contribution is 5.71.